The molecule has 0 unspecified atom stereocenters. The van der Waals surface area contributed by atoms with E-state index in [9.17, 15) is 14.4 Å². The number of carboxylic acids is 1. The zero-order valence-corrected chi connectivity index (χ0v) is 7.27. The van der Waals surface area contributed by atoms with Gasteiger partial charge in [-0.05, 0) is 13.0 Å². The molecule has 0 radical (unpaired) electrons. The summed E-state index contributed by atoms with van der Waals surface area (Å²) in [6.45, 7) is 1.54. The highest BCUT2D eigenvalue weighted by Crippen LogP contribution is 1.91. The molecule has 0 fully saturated rings. The zero-order chi connectivity index (χ0) is 10.3. The van der Waals surface area contributed by atoms with Crippen molar-refractivity contribution in [2.45, 2.75) is 13.3 Å². The van der Waals surface area contributed by atoms with E-state index in [1.807, 2.05) is 0 Å². The fourth-order valence-electron chi connectivity index (χ4n) is 0.669. The average molecular weight is 185 g/mol. The molecule has 0 rings (SSSR count). The Bertz CT molecular complexity index is 234. The maximum Gasteiger partial charge on any atom is 0.305 e. The summed E-state index contributed by atoms with van der Waals surface area (Å²) in [6, 6.07) is 0. The van der Waals surface area contributed by atoms with Crippen LogP contribution in [0.1, 0.15) is 13.3 Å². The van der Waals surface area contributed by atoms with Gasteiger partial charge in [-0.1, -0.05) is 6.08 Å². The van der Waals surface area contributed by atoms with E-state index in [0.29, 0.717) is 6.41 Å². The van der Waals surface area contributed by atoms with Gasteiger partial charge in [-0.25, -0.2) is 0 Å². The third-order valence-corrected chi connectivity index (χ3v) is 1.29. The number of allylic oxidation sites excluding steroid dienone is 1. The molecule has 0 aliphatic heterocycles. The van der Waals surface area contributed by atoms with E-state index in [0.717, 1.165) is 4.90 Å². The fourth-order valence-corrected chi connectivity index (χ4v) is 0.669. The minimum atomic E-state index is -1.04. The van der Waals surface area contributed by atoms with E-state index in [4.69, 9.17) is 5.11 Å². The molecule has 2 amide bonds. The second-order valence-corrected chi connectivity index (χ2v) is 2.28. The van der Waals surface area contributed by atoms with Crippen molar-refractivity contribution >= 4 is 18.3 Å². The molecule has 5 nitrogen and oxygen atoms in total. The smallest absolute Gasteiger partial charge is 0.305 e. The first kappa shape index (κ1) is 11.4. The van der Waals surface area contributed by atoms with Crippen LogP contribution in [-0.2, 0) is 14.4 Å². The van der Waals surface area contributed by atoms with E-state index in [1.165, 1.54) is 12.2 Å². The lowest BCUT2D eigenvalue weighted by Gasteiger charge is -2.10. The Morgan fingerprint density at radius 2 is 2.08 bits per heavy atom. The van der Waals surface area contributed by atoms with Crippen LogP contribution in [-0.4, -0.2) is 34.8 Å². The number of carbonyl (C=O) groups excluding carboxylic acids is 2. The van der Waals surface area contributed by atoms with E-state index in [-0.39, 0.29) is 13.0 Å². The molecule has 0 bridgehead atoms. The summed E-state index contributed by atoms with van der Waals surface area (Å²) in [5.41, 5.74) is 0. The van der Waals surface area contributed by atoms with Crippen LogP contribution in [0.5, 0.6) is 0 Å². The maximum absolute atomic E-state index is 11.0. The van der Waals surface area contributed by atoms with Gasteiger partial charge in [0, 0.05) is 6.54 Å². The summed E-state index contributed by atoms with van der Waals surface area (Å²) in [5.74, 6) is -1.54. The van der Waals surface area contributed by atoms with E-state index in [2.05, 4.69) is 0 Å². The van der Waals surface area contributed by atoms with E-state index in [1.54, 1.807) is 6.92 Å². The third kappa shape index (κ3) is 4.73. The summed E-state index contributed by atoms with van der Waals surface area (Å²) in [4.78, 5) is 32.3. The van der Waals surface area contributed by atoms with E-state index >= 15 is 0 Å². The van der Waals surface area contributed by atoms with Crippen LogP contribution in [0, 0.1) is 0 Å². The van der Waals surface area contributed by atoms with Crippen molar-refractivity contribution in [3.8, 4) is 0 Å². The van der Waals surface area contributed by atoms with Gasteiger partial charge in [0.1, 0.15) is 0 Å². The van der Waals surface area contributed by atoms with Crippen molar-refractivity contribution in [1.29, 1.82) is 0 Å². The second-order valence-electron chi connectivity index (χ2n) is 2.28. The first-order valence-electron chi connectivity index (χ1n) is 3.72. The van der Waals surface area contributed by atoms with Gasteiger partial charge in [0.25, 0.3) is 5.91 Å². The molecule has 0 aliphatic carbocycles. The fraction of sp³-hybridized carbons (Fsp3) is 0.375. The Morgan fingerprint density at radius 1 is 1.46 bits per heavy atom. The van der Waals surface area contributed by atoms with Crippen LogP contribution in [0.4, 0.5) is 0 Å². The van der Waals surface area contributed by atoms with Crippen LogP contribution < -0.4 is 0 Å². The number of rotatable bonds is 5. The summed E-state index contributed by atoms with van der Waals surface area (Å²) >= 11 is 0. The molecule has 0 saturated carbocycles. The predicted octanol–water partition coefficient (Wildman–Crippen LogP) is 0.0222. The number of nitrogens with zero attached hydrogens (tertiary/aromatic N) is 1. The molecule has 0 aliphatic rings. The first-order valence-corrected chi connectivity index (χ1v) is 3.72. The predicted molar refractivity (Wildman–Crippen MR) is 44.8 cm³/mol. The SMILES string of the molecule is C/C=C\C(=O)N(C=O)CCC(=O)O. The second kappa shape index (κ2) is 5.93. The maximum atomic E-state index is 11.0. The summed E-state index contributed by atoms with van der Waals surface area (Å²) in [7, 11) is 0. The largest absolute Gasteiger partial charge is 0.481 e. The molecule has 1 N–H and O–H groups in total. The summed E-state index contributed by atoms with van der Waals surface area (Å²) in [5, 5.41) is 8.30. The number of imide groups is 1. The van der Waals surface area contributed by atoms with Crippen molar-refractivity contribution < 1.29 is 19.5 Å². The number of hydrogen-bond donors (Lipinski definition) is 1. The zero-order valence-electron chi connectivity index (χ0n) is 7.27. The lowest BCUT2D eigenvalue weighted by atomic mass is 10.4. The van der Waals surface area contributed by atoms with Gasteiger partial charge in [-0.2, -0.15) is 0 Å². The lowest BCUT2D eigenvalue weighted by molar-refractivity contribution is -0.139. The first-order chi connectivity index (χ1) is 6.11. The van der Waals surface area contributed by atoms with Gasteiger partial charge in [0.15, 0.2) is 0 Å². The van der Waals surface area contributed by atoms with Crippen LogP contribution in [0.3, 0.4) is 0 Å². The molecule has 0 saturated heterocycles. The molecule has 0 heterocycles. The van der Waals surface area contributed by atoms with Crippen LogP contribution in [0.15, 0.2) is 12.2 Å². The standard InChI is InChI=1S/C8H11NO4/c1-2-3-7(11)9(6-10)5-4-8(12)13/h2-3,6H,4-5H2,1H3,(H,12,13)/b3-2-. The molecular weight excluding hydrogens is 174 g/mol. The van der Waals surface area contributed by atoms with Crippen molar-refractivity contribution in [3.63, 3.8) is 0 Å². The molecule has 0 aromatic heterocycles. The van der Waals surface area contributed by atoms with Gasteiger partial charge in [-0.15, -0.1) is 0 Å². The monoisotopic (exact) mass is 185 g/mol. The molecule has 0 atom stereocenters. The highest BCUT2D eigenvalue weighted by Gasteiger charge is 2.10. The molecule has 0 aromatic rings. The Labute approximate surface area is 75.6 Å². The Kier molecular flexibility index (Phi) is 5.18. The Hall–Kier alpha value is -1.65. The number of hydrogen-bond acceptors (Lipinski definition) is 3. The van der Waals surface area contributed by atoms with Crippen molar-refractivity contribution in [2.24, 2.45) is 0 Å². The number of aliphatic carboxylic acids is 1. The summed E-state index contributed by atoms with van der Waals surface area (Å²) < 4.78 is 0. The highest BCUT2D eigenvalue weighted by atomic mass is 16.4. The van der Waals surface area contributed by atoms with Gasteiger partial charge in [0.05, 0.1) is 6.42 Å². The normalized spacial score (nSPS) is 9.92. The van der Waals surface area contributed by atoms with Gasteiger partial charge < -0.3 is 5.11 Å². The van der Waals surface area contributed by atoms with Crippen molar-refractivity contribution in [2.75, 3.05) is 6.54 Å². The minimum absolute atomic E-state index is 0.0952. The number of amides is 2. The highest BCUT2D eigenvalue weighted by molar-refractivity contribution is 5.94. The quantitative estimate of drug-likeness (QED) is 0.484. The molecule has 0 aromatic carbocycles. The number of carboxylic acid groups (broad SMARTS) is 1. The molecule has 0 spiro atoms. The van der Waals surface area contributed by atoms with Crippen LogP contribution in [0.25, 0.3) is 0 Å². The average Bonchev–Trinajstić information content (AvgIpc) is 2.05. The van der Waals surface area contributed by atoms with Crippen LogP contribution in [0.2, 0.25) is 0 Å². The molecule has 5 heteroatoms. The van der Waals surface area contributed by atoms with Gasteiger partial charge in [-0.3, -0.25) is 19.3 Å². The van der Waals surface area contributed by atoms with Gasteiger partial charge in [0.2, 0.25) is 6.41 Å². The lowest BCUT2D eigenvalue weighted by Crippen LogP contribution is -2.30. The van der Waals surface area contributed by atoms with E-state index < -0.39 is 11.9 Å². The third-order valence-electron chi connectivity index (χ3n) is 1.29. The van der Waals surface area contributed by atoms with Gasteiger partial charge >= 0.3 is 5.97 Å². The Morgan fingerprint density at radius 3 is 2.46 bits per heavy atom. The minimum Gasteiger partial charge on any atom is -0.481 e. The van der Waals surface area contributed by atoms with Crippen LogP contribution >= 0.6 is 0 Å². The van der Waals surface area contributed by atoms with Crippen molar-refractivity contribution in [3.05, 3.63) is 12.2 Å². The topological polar surface area (TPSA) is 74.7 Å². The Balaban J connectivity index is 4.10. The summed E-state index contributed by atoms with van der Waals surface area (Å²) in [6.07, 6.45) is 2.78. The molecule has 72 valence electrons. The number of carbonyl (C=O) groups is 3. The molecule has 13 heavy (non-hydrogen) atoms. The molecular formula is C8H11NO4. The van der Waals surface area contributed by atoms with Crippen molar-refractivity contribution in [1.82, 2.24) is 4.90 Å².